The van der Waals surface area contributed by atoms with E-state index < -0.39 is 17.4 Å². The van der Waals surface area contributed by atoms with E-state index in [9.17, 15) is 19.2 Å². The number of ketones is 1. The second-order valence-corrected chi connectivity index (χ2v) is 12.7. The van der Waals surface area contributed by atoms with Gasteiger partial charge in [-0.2, -0.15) is 0 Å². The molecule has 7 heteroatoms. The first-order chi connectivity index (χ1) is 17.0. The zero-order valence-electron chi connectivity index (χ0n) is 21.7. The van der Waals surface area contributed by atoms with Gasteiger partial charge in [-0.15, -0.1) is 0 Å². The van der Waals surface area contributed by atoms with Gasteiger partial charge >= 0.3 is 5.97 Å². The van der Waals surface area contributed by atoms with Crippen molar-refractivity contribution in [1.82, 2.24) is 4.90 Å². The number of ether oxygens (including phenoxy) is 1. The molecule has 2 amide bonds. The van der Waals surface area contributed by atoms with Crippen LogP contribution in [-0.4, -0.2) is 47.7 Å². The lowest BCUT2D eigenvalue weighted by atomic mass is 9.49. The van der Waals surface area contributed by atoms with Crippen LogP contribution in [-0.2, 0) is 19.1 Å². The van der Waals surface area contributed by atoms with Gasteiger partial charge in [-0.3, -0.25) is 14.4 Å². The first-order valence-electron chi connectivity index (χ1n) is 13.5. The highest BCUT2D eigenvalue weighted by atomic mass is 16.5. The molecule has 7 nitrogen and oxygen atoms in total. The number of carbonyl (C=O) groups is 4. The lowest BCUT2D eigenvalue weighted by molar-refractivity contribution is -0.165. The molecular weight excluding hydrogens is 456 g/mol. The van der Waals surface area contributed by atoms with E-state index in [0.717, 1.165) is 25.7 Å². The van der Waals surface area contributed by atoms with Crippen molar-refractivity contribution in [2.24, 2.45) is 28.6 Å². The number of anilines is 1. The van der Waals surface area contributed by atoms with Crippen LogP contribution in [0.2, 0.25) is 0 Å². The first-order valence-corrected chi connectivity index (χ1v) is 13.5. The van der Waals surface area contributed by atoms with Crippen LogP contribution >= 0.6 is 0 Å². The van der Waals surface area contributed by atoms with Crippen LogP contribution in [0.3, 0.4) is 0 Å². The Bertz CT molecular complexity index is 1020. The van der Waals surface area contributed by atoms with Gasteiger partial charge in [-0.1, -0.05) is 20.8 Å². The number of benzene rings is 1. The molecule has 194 valence electrons. The summed E-state index contributed by atoms with van der Waals surface area (Å²) < 4.78 is 5.43. The minimum atomic E-state index is -0.590. The average molecular weight is 495 g/mol. The van der Waals surface area contributed by atoms with Crippen molar-refractivity contribution >= 4 is 29.3 Å². The second-order valence-electron chi connectivity index (χ2n) is 12.7. The van der Waals surface area contributed by atoms with Gasteiger partial charge in [0.1, 0.15) is 6.04 Å². The van der Waals surface area contributed by atoms with Crippen LogP contribution in [0, 0.1) is 28.6 Å². The molecule has 5 fully saturated rings. The highest BCUT2D eigenvalue weighted by Crippen LogP contribution is 2.60. The number of likely N-dealkylation sites (tertiary alicyclic amines) is 1. The maximum Gasteiger partial charge on any atom is 0.329 e. The van der Waals surface area contributed by atoms with Crippen molar-refractivity contribution < 1.29 is 23.9 Å². The molecule has 1 atom stereocenters. The molecule has 1 unspecified atom stereocenters. The number of hydrogen-bond acceptors (Lipinski definition) is 5. The average Bonchev–Trinajstić information content (AvgIpc) is 3.31. The van der Waals surface area contributed by atoms with E-state index in [2.05, 4.69) is 5.32 Å². The highest BCUT2D eigenvalue weighted by molar-refractivity contribution is 5.99. The van der Waals surface area contributed by atoms with Crippen molar-refractivity contribution in [3.8, 4) is 0 Å². The third kappa shape index (κ3) is 4.81. The van der Waals surface area contributed by atoms with Gasteiger partial charge in [-0.25, -0.2) is 4.79 Å². The maximum atomic E-state index is 13.8. The van der Waals surface area contributed by atoms with E-state index in [1.165, 1.54) is 19.3 Å². The Hall–Kier alpha value is -2.70. The van der Waals surface area contributed by atoms with Gasteiger partial charge in [0.2, 0.25) is 11.8 Å². The number of hydrogen-bond donors (Lipinski definition) is 1. The van der Waals surface area contributed by atoms with E-state index in [4.69, 9.17) is 4.74 Å². The van der Waals surface area contributed by atoms with Crippen LogP contribution in [0.15, 0.2) is 24.3 Å². The topological polar surface area (TPSA) is 92.8 Å². The molecule has 36 heavy (non-hydrogen) atoms. The van der Waals surface area contributed by atoms with Crippen LogP contribution < -0.4 is 5.32 Å². The minimum Gasteiger partial charge on any atom is -0.456 e. The Balaban J connectivity index is 1.17. The summed E-state index contributed by atoms with van der Waals surface area (Å²) in [5, 5.41) is 2.82. The van der Waals surface area contributed by atoms with Crippen molar-refractivity contribution in [3.63, 3.8) is 0 Å². The Morgan fingerprint density at radius 3 is 2.11 bits per heavy atom. The monoisotopic (exact) mass is 494 g/mol. The first kappa shape index (κ1) is 25.0. The molecule has 1 aromatic rings. The van der Waals surface area contributed by atoms with E-state index in [1.807, 2.05) is 20.8 Å². The smallest absolute Gasteiger partial charge is 0.329 e. The van der Waals surface area contributed by atoms with Gasteiger partial charge in [0.15, 0.2) is 12.4 Å². The molecule has 1 saturated heterocycles. The number of nitrogens with zero attached hydrogens (tertiary/aromatic N) is 1. The van der Waals surface area contributed by atoms with Crippen LogP contribution in [0.5, 0.6) is 0 Å². The summed E-state index contributed by atoms with van der Waals surface area (Å²) in [6.45, 7) is 5.72. The number of carbonyl (C=O) groups excluding carboxylic acids is 4. The van der Waals surface area contributed by atoms with E-state index in [1.54, 1.807) is 29.2 Å². The maximum absolute atomic E-state index is 13.8. The summed E-state index contributed by atoms with van der Waals surface area (Å²) in [7, 11) is 0. The molecule has 6 rings (SSSR count). The number of Topliss-reactive ketones (excluding diaryl/α,β-unsaturated/α-hetero) is 1. The minimum absolute atomic E-state index is 0.111. The molecule has 1 aliphatic heterocycles. The summed E-state index contributed by atoms with van der Waals surface area (Å²) >= 11 is 0. The highest BCUT2D eigenvalue weighted by Gasteiger charge is 2.57. The summed E-state index contributed by atoms with van der Waals surface area (Å²) in [4.78, 5) is 53.3. The number of amides is 2. The SMILES string of the molecule is CC(C)(C)C(=O)Nc1ccc(C(=O)COC(=O)C2CCCN2C(=O)C23CC4CC(CC(C4)C2)C3)cc1. The fourth-order valence-electron chi connectivity index (χ4n) is 7.31. The molecule has 0 spiro atoms. The third-order valence-electron chi connectivity index (χ3n) is 8.77. The largest absolute Gasteiger partial charge is 0.456 e. The summed E-state index contributed by atoms with van der Waals surface area (Å²) in [6.07, 6.45) is 8.10. The molecule has 4 saturated carbocycles. The zero-order chi connectivity index (χ0) is 25.7. The Kier molecular flexibility index (Phi) is 6.46. The van der Waals surface area contributed by atoms with Crippen molar-refractivity contribution in [1.29, 1.82) is 0 Å². The van der Waals surface area contributed by atoms with Crippen molar-refractivity contribution in [2.75, 3.05) is 18.5 Å². The van der Waals surface area contributed by atoms with Crippen LogP contribution in [0.25, 0.3) is 0 Å². The van der Waals surface area contributed by atoms with Gasteiger partial charge in [0.05, 0.1) is 5.41 Å². The lowest BCUT2D eigenvalue weighted by Crippen LogP contribution is -2.56. The predicted octanol–water partition coefficient (Wildman–Crippen LogP) is 4.60. The number of esters is 1. The Morgan fingerprint density at radius 2 is 1.56 bits per heavy atom. The van der Waals surface area contributed by atoms with Crippen LogP contribution in [0.4, 0.5) is 5.69 Å². The van der Waals surface area contributed by atoms with E-state index in [-0.39, 0.29) is 29.6 Å². The lowest BCUT2D eigenvalue weighted by Gasteiger charge is -2.56. The summed E-state index contributed by atoms with van der Waals surface area (Å²) in [6, 6.07) is 5.98. The molecule has 0 radical (unpaired) electrons. The summed E-state index contributed by atoms with van der Waals surface area (Å²) in [5.74, 6) is 1.25. The zero-order valence-corrected chi connectivity index (χ0v) is 21.7. The number of rotatable bonds is 6. The van der Waals surface area contributed by atoms with Crippen LogP contribution in [0.1, 0.15) is 82.5 Å². The molecule has 1 N–H and O–H groups in total. The molecular formula is C29H38N2O5. The molecule has 5 aliphatic rings. The molecule has 0 aromatic heterocycles. The van der Waals surface area contributed by atoms with Crippen molar-refractivity contribution in [2.45, 2.75) is 78.2 Å². The second kappa shape index (κ2) is 9.31. The Morgan fingerprint density at radius 1 is 0.972 bits per heavy atom. The fraction of sp³-hybridized carbons (Fsp3) is 0.655. The van der Waals surface area contributed by atoms with E-state index in [0.29, 0.717) is 42.0 Å². The number of nitrogens with one attached hydrogen (secondary N) is 1. The normalized spacial score (nSPS) is 30.8. The fourth-order valence-corrected chi connectivity index (χ4v) is 7.31. The van der Waals surface area contributed by atoms with Crippen molar-refractivity contribution in [3.05, 3.63) is 29.8 Å². The Labute approximate surface area is 213 Å². The molecule has 4 aliphatic carbocycles. The standard InChI is InChI=1S/C29H38N2O5/c1-28(2,3)26(34)30-22-8-6-21(7-9-22)24(32)17-36-25(33)23-5-4-10-31(23)27(35)29-14-18-11-19(15-29)13-20(12-18)16-29/h6-9,18-20,23H,4-5,10-17H2,1-3H3,(H,30,34). The van der Waals surface area contributed by atoms with Gasteiger partial charge in [0.25, 0.3) is 0 Å². The van der Waals surface area contributed by atoms with Gasteiger partial charge in [-0.05, 0) is 93.4 Å². The third-order valence-corrected chi connectivity index (χ3v) is 8.77. The quantitative estimate of drug-likeness (QED) is 0.461. The molecule has 1 heterocycles. The summed E-state index contributed by atoms with van der Waals surface area (Å²) in [5.41, 5.74) is 0.212. The molecule has 1 aromatic carbocycles. The van der Waals surface area contributed by atoms with Gasteiger partial charge in [0, 0.05) is 23.2 Å². The predicted molar refractivity (Wildman–Crippen MR) is 135 cm³/mol. The molecule has 4 bridgehead atoms. The van der Waals surface area contributed by atoms with Gasteiger partial charge < -0.3 is 15.0 Å². The van der Waals surface area contributed by atoms with E-state index >= 15 is 0 Å².